The second-order valence-electron chi connectivity index (χ2n) is 3.50. The Bertz CT molecular complexity index is 164. The summed E-state index contributed by atoms with van der Waals surface area (Å²) in [6.45, 7) is 0. The van der Waals surface area contributed by atoms with E-state index in [4.69, 9.17) is 0 Å². The van der Waals surface area contributed by atoms with Gasteiger partial charge in [-0.3, -0.25) is 0 Å². The highest BCUT2D eigenvalue weighted by Crippen LogP contribution is 2.04. The fourth-order valence-corrected chi connectivity index (χ4v) is 1.45. The summed E-state index contributed by atoms with van der Waals surface area (Å²) in [5, 5.41) is 0. The molecule has 13 heavy (non-hydrogen) atoms. The minimum atomic E-state index is 1.21. The monoisotopic (exact) mass is 176 g/mol. The lowest BCUT2D eigenvalue weighted by atomic mass is 10.2. The first-order valence-electron chi connectivity index (χ1n) is 5.45. The highest BCUT2D eigenvalue weighted by Gasteiger charge is 1.83. The maximum absolute atomic E-state index is 2.32. The summed E-state index contributed by atoms with van der Waals surface area (Å²) in [4.78, 5) is 0. The van der Waals surface area contributed by atoms with Crippen LogP contribution in [-0.4, -0.2) is 0 Å². The Balaban J connectivity index is 2.27. The van der Waals surface area contributed by atoms with E-state index in [0.29, 0.717) is 0 Å². The van der Waals surface area contributed by atoms with Crippen LogP contribution in [0.3, 0.4) is 0 Å². The average molecular weight is 176 g/mol. The molecule has 0 saturated carbocycles. The van der Waals surface area contributed by atoms with Gasteiger partial charge in [0.25, 0.3) is 0 Å². The predicted molar refractivity (Wildman–Crippen MR) is 59.7 cm³/mol. The molecule has 72 valence electrons. The first kappa shape index (κ1) is 10.3. The molecule has 0 heterocycles. The fourth-order valence-electron chi connectivity index (χ4n) is 1.45. The van der Waals surface area contributed by atoms with Crippen LogP contribution in [-0.2, 0) is 0 Å². The van der Waals surface area contributed by atoms with Crippen molar-refractivity contribution in [2.75, 3.05) is 0 Å². The third kappa shape index (κ3) is 6.39. The van der Waals surface area contributed by atoms with Gasteiger partial charge in [-0.05, 0) is 44.9 Å². The highest BCUT2D eigenvalue weighted by molar-refractivity contribution is 4.92. The van der Waals surface area contributed by atoms with E-state index in [0.717, 1.165) is 0 Å². The van der Waals surface area contributed by atoms with Gasteiger partial charge in [-0.2, -0.15) is 0 Å². The smallest absolute Gasteiger partial charge is 0.0316 e. The van der Waals surface area contributed by atoms with Crippen LogP contribution in [0.25, 0.3) is 0 Å². The molecule has 0 aromatic rings. The molecule has 0 bridgehead atoms. The molecule has 0 unspecified atom stereocenters. The minimum absolute atomic E-state index is 1.21. The van der Waals surface area contributed by atoms with Gasteiger partial charge in [-0.25, -0.2) is 0 Å². The Morgan fingerprint density at radius 1 is 0.385 bits per heavy atom. The number of hydrogen-bond acceptors (Lipinski definition) is 0. The van der Waals surface area contributed by atoms with Crippen LogP contribution in [0.15, 0.2) is 36.5 Å². The summed E-state index contributed by atoms with van der Waals surface area (Å²) in [5.41, 5.74) is 0. The van der Waals surface area contributed by atoms with Crippen molar-refractivity contribution in [2.45, 2.75) is 44.9 Å². The predicted octanol–water partition coefficient (Wildman–Crippen LogP) is 4.40. The van der Waals surface area contributed by atoms with Crippen molar-refractivity contribution in [3.8, 4) is 0 Å². The third-order valence-corrected chi connectivity index (χ3v) is 2.24. The zero-order chi connectivity index (χ0) is 9.19. The second kappa shape index (κ2) is 7.85. The lowest BCUT2D eigenvalue weighted by molar-refractivity contribution is 0.859. The SMILES string of the molecule is C1=CCCC/C=C\CC/C=C/CC1. The summed E-state index contributed by atoms with van der Waals surface area (Å²) in [6, 6.07) is 0. The molecular weight excluding hydrogens is 156 g/mol. The maximum atomic E-state index is 2.32. The summed E-state index contributed by atoms with van der Waals surface area (Å²) in [6.07, 6.45) is 22.5. The second-order valence-corrected chi connectivity index (χ2v) is 3.50. The van der Waals surface area contributed by atoms with E-state index in [9.17, 15) is 0 Å². The molecule has 0 amide bonds. The average Bonchev–Trinajstić information content (AvgIpc) is 2.18. The van der Waals surface area contributed by atoms with Crippen LogP contribution < -0.4 is 0 Å². The van der Waals surface area contributed by atoms with E-state index in [1.807, 2.05) is 0 Å². The Labute approximate surface area is 82.0 Å². The van der Waals surface area contributed by atoms with E-state index >= 15 is 0 Å². The molecule has 0 atom stereocenters. The van der Waals surface area contributed by atoms with Gasteiger partial charge in [0.15, 0.2) is 0 Å². The molecule has 0 aromatic heterocycles. The molecule has 0 aromatic carbocycles. The number of hydrogen-bond donors (Lipinski definition) is 0. The third-order valence-electron chi connectivity index (χ3n) is 2.24. The van der Waals surface area contributed by atoms with Gasteiger partial charge >= 0.3 is 0 Å². The van der Waals surface area contributed by atoms with Crippen LogP contribution >= 0.6 is 0 Å². The van der Waals surface area contributed by atoms with E-state index in [-0.39, 0.29) is 0 Å². The van der Waals surface area contributed by atoms with Crippen LogP contribution in [0.1, 0.15) is 44.9 Å². The molecule has 0 radical (unpaired) electrons. The summed E-state index contributed by atoms with van der Waals surface area (Å²) < 4.78 is 0. The van der Waals surface area contributed by atoms with Gasteiger partial charge in [0.05, 0.1) is 0 Å². The topological polar surface area (TPSA) is 0 Å². The van der Waals surface area contributed by atoms with Gasteiger partial charge < -0.3 is 0 Å². The van der Waals surface area contributed by atoms with Gasteiger partial charge in [0, 0.05) is 0 Å². The molecule has 0 fully saturated rings. The summed E-state index contributed by atoms with van der Waals surface area (Å²) in [5.74, 6) is 0. The van der Waals surface area contributed by atoms with Crippen molar-refractivity contribution in [1.82, 2.24) is 0 Å². The number of rotatable bonds is 0. The van der Waals surface area contributed by atoms with E-state index < -0.39 is 0 Å². The van der Waals surface area contributed by atoms with E-state index in [2.05, 4.69) is 36.5 Å². The Morgan fingerprint density at radius 3 is 1.08 bits per heavy atom. The van der Waals surface area contributed by atoms with Crippen LogP contribution in [0, 0.1) is 0 Å². The Morgan fingerprint density at radius 2 is 0.692 bits per heavy atom. The van der Waals surface area contributed by atoms with Gasteiger partial charge in [0.1, 0.15) is 0 Å². The lowest BCUT2D eigenvalue weighted by Gasteiger charge is -1.89. The van der Waals surface area contributed by atoms with Gasteiger partial charge in [-0.1, -0.05) is 36.5 Å². The van der Waals surface area contributed by atoms with Crippen molar-refractivity contribution >= 4 is 0 Å². The zero-order valence-electron chi connectivity index (χ0n) is 8.41. The minimum Gasteiger partial charge on any atom is -0.0885 e. The van der Waals surface area contributed by atoms with Crippen LogP contribution in [0.2, 0.25) is 0 Å². The maximum Gasteiger partial charge on any atom is -0.0316 e. The first-order valence-corrected chi connectivity index (χ1v) is 5.45. The standard InChI is InChI=1S/C13H20/c1-2-4-6-8-10-12-13-11-9-7-5-3-1/h1-2,7-10H,3-6,11-13H2/b2-1+,9-7-,10-8?. The largest absolute Gasteiger partial charge is 0.0885 e. The zero-order valence-corrected chi connectivity index (χ0v) is 8.41. The fraction of sp³-hybridized carbons (Fsp3) is 0.538. The van der Waals surface area contributed by atoms with Crippen LogP contribution in [0.4, 0.5) is 0 Å². The molecule has 0 N–H and O–H groups in total. The Kier molecular flexibility index (Phi) is 6.22. The van der Waals surface area contributed by atoms with Crippen molar-refractivity contribution in [2.24, 2.45) is 0 Å². The van der Waals surface area contributed by atoms with Crippen molar-refractivity contribution in [1.29, 1.82) is 0 Å². The Hall–Kier alpha value is -0.780. The molecule has 1 aliphatic rings. The molecule has 0 aliphatic heterocycles. The van der Waals surface area contributed by atoms with E-state index in [1.54, 1.807) is 0 Å². The van der Waals surface area contributed by atoms with Crippen molar-refractivity contribution < 1.29 is 0 Å². The van der Waals surface area contributed by atoms with Crippen LogP contribution in [0.5, 0.6) is 0 Å². The molecule has 1 aliphatic carbocycles. The molecule has 1 rings (SSSR count). The summed E-state index contributed by atoms with van der Waals surface area (Å²) >= 11 is 0. The quantitative estimate of drug-likeness (QED) is 0.480. The molecule has 0 saturated heterocycles. The van der Waals surface area contributed by atoms with Crippen molar-refractivity contribution in [3.05, 3.63) is 36.5 Å². The van der Waals surface area contributed by atoms with E-state index in [1.165, 1.54) is 44.9 Å². The van der Waals surface area contributed by atoms with Crippen molar-refractivity contribution in [3.63, 3.8) is 0 Å². The lowest BCUT2D eigenvalue weighted by Crippen LogP contribution is -1.69. The normalized spacial score (nSPS) is 25.2. The summed E-state index contributed by atoms with van der Waals surface area (Å²) in [7, 11) is 0. The molecular formula is C13H20. The van der Waals surface area contributed by atoms with Gasteiger partial charge in [0.2, 0.25) is 0 Å². The molecule has 0 heteroatoms. The van der Waals surface area contributed by atoms with Gasteiger partial charge in [-0.15, -0.1) is 0 Å². The molecule has 0 nitrogen and oxygen atoms in total. The first-order chi connectivity index (χ1) is 6.50. The molecule has 0 spiro atoms. The number of allylic oxidation sites excluding steroid dienone is 6. The highest BCUT2D eigenvalue weighted by atomic mass is 13.9.